The average Bonchev–Trinajstić information content (AvgIpc) is 2.90. The zero-order chi connectivity index (χ0) is 16.6. The van der Waals surface area contributed by atoms with E-state index in [1.165, 1.54) is 7.11 Å². The third kappa shape index (κ3) is 2.56. The first-order valence-corrected chi connectivity index (χ1v) is 7.60. The molecule has 4 atom stereocenters. The van der Waals surface area contributed by atoms with Gasteiger partial charge in [0.05, 0.1) is 25.4 Å². The van der Waals surface area contributed by atoms with E-state index < -0.39 is 23.8 Å². The fraction of sp³-hybridized carbons (Fsp3) is 0.389. The Morgan fingerprint density at radius 2 is 1.96 bits per heavy atom. The van der Waals surface area contributed by atoms with Crippen molar-refractivity contribution in [1.29, 1.82) is 0 Å². The van der Waals surface area contributed by atoms with Gasteiger partial charge in [-0.05, 0) is 23.5 Å². The molecule has 0 amide bonds. The number of cyclic esters (lactones) is 2. The standard InChI is InChI=1S/C18H18O5/c1-3-10-11-6-4-5-7-12(11)13(8-14(10)17(20)22-2)15-9-16(19)23-18(15)21/h3-7,10,13-15H,1,8-9H2,2H3. The number of carbonyl (C=O) groups excluding carboxylic acids is 3. The first-order valence-electron chi connectivity index (χ1n) is 7.60. The topological polar surface area (TPSA) is 69.7 Å². The van der Waals surface area contributed by atoms with Crippen molar-refractivity contribution in [1.82, 2.24) is 0 Å². The van der Waals surface area contributed by atoms with E-state index in [0.717, 1.165) is 11.1 Å². The zero-order valence-corrected chi connectivity index (χ0v) is 12.9. The number of carbonyl (C=O) groups is 3. The van der Waals surface area contributed by atoms with Crippen molar-refractivity contribution >= 4 is 17.9 Å². The van der Waals surface area contributed by atoms with Crippen molar-refractivity contribution in [2.45, 2.75) is 24.7 Å². The molecule has 1 aliphatic heterocycles. The summed E-state index contributed by atoms with van der Waals surface area (Å²) in [6.07, 6.45) is 2.24. The summed E-state index contributed by atoms with van der Waals surface area (Å²) in [4.78, 5) is 35.7. The van der Waals surface area contributed by atoms with Crippen LogP contribution in [-0.4, -0.2) is 25.0 Å². The third-order valence-electron chi connectivity index (χ3n) is 4.84. The van der Waals surface area contributed by atoms with Crippen LogP contribution in [0.15, 0.2) is 36.9 Å². The van der Waals surface area contributed by atoms with Gasteiger partial charge in [0.2, 0.25) is 0 Å². The van der Waals surface area contributed by atoms with Gasteiger partial charge in [0.15, 0.2) is 0 Å². The Labute approximate surface area is 134 Å². The highest BCUT2D eigenvalue weighted by atomic mass is 16.6. The lowest BCUT2D eigenvalue weighted by Crippen LogP contribution is -2.33. The van der Waals surface area contributed by atoms with E-state index in [4.69, 9.17) is 9.47 Å². The number of hydrogen-bond acceptors (Lipinski definition) is 5. The zero-order valence-electron chi connectivity index (χ0n) is 12.9. The lowest BCUT2D eigenvalue weighted by Gasteiger charge is -2.36. The molecule has 0 radical (unpaired) electrons. The van der Waals surface area contributed by atoms with E-state index >= 15 is 0 Å². The van der Waals surface area contributed by atoms with E-state index in [0.29, 0.717) is 6.42 Å². The molecule has 1 heterocycles. The summed E-state index contributed by atoms with van der Waals surface area (Å²) in [5.74, 6) is -2.68. The Morgan fingerprint density at radius 1 is 1.26 bits per heavy atom. The second-order valence-corrected chi connectivity index (χ2v) is 5.97. The van der Waals surface area contributed by atoms with Crippen molar-refractivity contribution in [2.24, 2.45) is 11.8 Å². The fourth-order valence-corrected chi connectivity index (χ4v) is 3.78. The molecule has 1 fully saturated rings. The second kappa shape index (κ2) is 5.99. The molecule has 5 heteroatoms. The number of allylic oxidation sites excluding steroid dienone is 1. The van der Waals surface area contributed by atoms with Gasteiger partial charge < -0.3 is 9.47 Å². The number of esters is 3. The lowest BCUT2D eigenvalue weighted by atomic mass is 9.66. The van der Waals surface area contributed by atoms with E-state index in [2.05, 4.69) is 6.58 Å². The van der Waals surface area contributed by atoms with Crippen LogP contribution >= 0.6 is 0 Å². The Kier molecular flexibility index (Phi) is 4.03. The molecule has 5 nitrogen and oxygen atoms in total. The minimum atomic E-state index is -0.540. The SMILES string of the molecule is C=CC1c2ccccc2C(C2CC(=O)OC2=O)CC1C(=O)OC. The van der Waals surface area contributed by atoms with Gasteiger partial charge in [-0.1, -0.05) is 30.3 Å². The van der Waals surface area contributed by atoms with Gasteiger partial charge in [-0.2, -0.15) is 0 Å². The molecule has 1 saturated heterocycles. The summed E-state index contributed by atoms with van der Waals surface area (Å²) in [5, 5.41) is 0. The molecule has 0 N–H and O–H groups in total. The van der Waals surface area contributed by atoms with Crippen LogP contribution in [0, 0.1) is 11.8 Å². The summed E-state index contributed by atoms with van der Waals surface area (Å²) in [6.45, 7) is 3.85. The monoisotopic (exact) mass is 314 g/mol. The molecular weight excluding hydrogens is 296 g/mol. The maximum Gasteiger partial charge on any atom is 0.317 e. The van der Waals surface area contributed by atoms with Crippen molar-refractivity contribution in [3.05, 3.63) is 48.0 Å². The van der Waals surface area contributed by atoms with Crippen LogP contribution in [0.3, 0.4) is 0 Å². The smallest absolute Gasteiger partial charge is 0.317 e. The fourth-order valence-electron chi connectivity index (χ4n) is 3.78. The van der Waals surface area contributed by atoms with Crippen LogP contribution in [0.5, 0.6) is 0 Å². The van der Waals surface area contributed by atoms with Gasteiger partial charge in [0.25, 0.3) is 0 Å². The average molecular weight is 314 g/mol. The van der Waals surface area contributed by atoms with Crippen LogP contribution < -0.4 is 0 Å². The Bertz CT molecular complexity index is 678. The van der Waals surface area contributed by atoms with Crippen molar-refractivity contribution in [2.75, 3.05) is 7.11 Å². The summed E-state index contributed by atoms with van der Waals surface area (Å²) in [6, 6.07) is 7.67. The minimum Gasteiger partial charge on any atom is -0.469 e. The Balaban J connectivity index is 2.06. The Morgan fingerprint density at radius 3 is 2.52 bits per heavy atom. The van der Waals surface area contributed by atoms with Crippen molar-refractivity contribution in [3.8, 4) is 0 Å². The van der Waals surface area contributed by atoms with E-state index in [1.54, 1.807) is 6.08 Å². The van der Waals surface area contributed by atoms with E-state index in [1.807, 2.05) is 24.3 Å². The first-order chi connectivity index (χ1) is 11.1. The molecule has 2 aliphatic rings. The summed E-state index contributed by atoms with van der Waals surface area (Å²) < 4.78 is 9.63. The molecule has 4 unspecified atom stereocenters. The highest BCUT2D eigenvalue weighted by molar-refractivity contribution is 5.95. The quantitative estimate of drug-likeness (QED) is 0.486. The number of methoxy groups -OCH3 is 1. The van der Waals surface area contributed by atoms with Crippen LogP contribution in [0.1, 0.15) is 35.8 Å². The minimum absolute atomic E-state index is 0.0600. The van der Waals surface area contributed by atoms with Crippen LogP contribution in [-0.2, 0) is 23.9 Å². The predicted molar refractivity (Wildman–Crippen MR) is 81.5 cm³/mol. The number of benzene rings is 1. The van der Waals surface area contributed by atoms with Crippen molar-refractivity contribution < 1.29 is 23.9 Å². The maximum atomic E-state index is 12.2. The Hall–Kier alpha value is -2.43. The van der Waals surface area contributed by atoms with Gasteiger partial charge in [-0.25, -0.2) is 0 Å². The largest absolute Gasteiger partial charge is 0.469 e. The number of fused-ring (bicyclic) bond motifs is 1. The van der Waals surface area contributed by atoms with Gasteiger partial charge in [-0.3, -0.25) is 14.4 Å². The molecule has 1 aliphatic carbocycles. The van der Waals surface area contributed by atoms with E-state index in [-0.39, 0.29) is 24.2 Å². The van der Waals surface area contributed by atoms with Gasteiger partial charge in [0, 0.05) is 5.92 Å². The van der Waals surface area contributed by atoms with Crippen LogP contribution in [0.25, 0.3) is 0 Å². The highest BCUT2D eigenvalue weighted by Crippen LogP contribution is 2.48. The second-order valence-electron chi connectivity index (χ2n) is 5.97. The molecular formula is C18H18O5. The number of hydrogen-bond donors (Lipinski definition) is 0. The molecule has 0 spiro atoms. The lowest BCUT2D eigenvalue weighted by molar-refractivity contribution is -0.154. The molecule has 0 aromatic heterocycles. The first kappa shape index (κ1) is 15.5. The molecule has 1 aromatic rings. The number of rotatable bonds is 3. The molecule has 0 saturated carbocycles. The maximum absolute atomic E-state index is 12.2. The normalized spacial score (nSPS) is 29.6. The van der Waals surface area contributed by atoms with Crippen molar-refractivity contribution in [3.63, 3.8) is 0 Å². The molecule has 1 aromatic carbocycles. The van der Waals surface area contributed by atoms with E-state index in [9.17, 15) is 14.4 Å². The predicted octanol–water partition coefficient (Wildman–Crippen LogP) is 2.32. The van der Waals surface area contributed by atoms with Gasteiger partial charge >= 0.3 is 17.9 Å². The van der Waals surface area contributed by atoms with Crippen LogP contribution in [0.4, 0.5) is 0 Å². The van der Waals surface area contributed by atoms with Crippen LogP contribution in [0.2, 0.25) is 0 Å². The third-order valence-corrected chi connectivity index (χ3v) is 4.84. The summed E-state index contributed by atoms with van der Waals surface area (Å²) >= 11 is 0. The summed E-state index contributed by atoms with van der Waals surface area (Å²) in [7, 11) is 1.35. The summed E-state index contributed by atoms with van der Waals surface area (Å²) in [5.41, 5.74) is 1.94. The van der Waals surface area contributed by atoms with Gasteiger partial charge in [-0.15, -0.1) is 6.58 Å². The number of ether oxygens (including phenoxy) is 2. The van der Waals surface area contributed by atoms with Gasteiger partial charge in [0.1, 0.15) is 0 Å². The molecule has 3 rings (SSSR count). The molecule has 23 heavy (non-hydrogen) atoms. The molecule has 120 valence electrons. The molecule has 0 bridgehead atoms. The highest BCUT2D eigenvalue weighted by Gasteiger charge is 2.46.